The van der Waals surface area contributed by atoms with Crippen LogP contribution in [0.1, 0.15) is 54.4 Å². The molecule has 0 bridgehead atoms. The van der Waals surface area contributed by atoms with Gasteiger partial charge in [0.1, 0.15) is 6.61 Å². The second-order valence-electron chi connectivity index (χ2n) is 7.44. The molecule has 0 radical (unpaired) electrons. The molecule has 5 heteroatoms. The SMILES string of the molecule is Cc1ccc(C(=O)OCC2(CO)C/C(=C/C3CCCCC3)C(=O)O2)cc1. The van der Waals surface area contributed by atoms with E-state index in [-0.39, 0.29) is 19.6 Å². The number of allylic oxidation sites excluding steroid dienone is 1. The van der Waals surface area contributed by atoms with Crippen molar-refractivity contribution in [2.24, 2.45) is 5.92 Å². The van der Waals surface area contributed by atoms with Crippen LogP contribution in [0, 0.1) is 12.8 Å². The van der Waals surface area contributed by atoms with E-state index in [2.05, 4.69) is 0 Å². The molecule has 1 heterocycles. The first-order chi connectivity index (χ1) is 12.5. The number of aliphatic hydroxyl groups excluding tert-OH is 1. The highest BCUT2D eigenvalue weighted by Gasteiger charge is 2.44. The van der Waals surface area contributed by atoms with Crippen LogP contribution in [-0.4, -0.2) is 35.9 Å². The Labute approximate surface area is 154 Å². The van der Waals surface area contributed by atoms with Gasteiger partial charge < -0.3 is 14.6 Å². The molecule has 0 aromatic heterocycles. The van der Waals surface area contributed by atoms with Crippen molar-refractivity contribution in [2.45, 2.75) is 51.0 Å². The summed E-state index contributed by atoms with van der Waals surface area (Å²) in [6.45, 7) is 1.42. The van der Waals surface area contributed by atoms with Crippen LogP contribution in [0.25, 0.3) is 0 Å². The first-order valence-corrected chi connectivity index (χ1v) is 9.30. The summed E-state index contributed by atoms with van der Waals surface area (Å²) >= 11 is 0. The third-order valence-corrected chi connectivity index (χ3v) is 5.21. The minimum Gasteiger partial charge on any atom is -0.458 e. The number of hydrogen-bond acceptors (Lipinski definition) is 5. The fourth-order valence-electron chi connectivity index (χ4n) is 3.61. The largest absolute Gasteiger partial charge is 0.458 e. The maximum absolute atomic E-state index is 12.2. The minimum atomic E-state index is -1.17. The molecular formula is C21H26O5. The molecule has 1 aliphatic heterocycles. The topological polar surface area (TPSA) is 72.8 Å². The smallest absolute Gasteiger partial charge is 0.338 e. The Balaban J connectivity index is 1.63. The van der Waals surface area contributed by atoms with Crippen LogP contribution in [0.2, 0.25) is 0 Å². The van der Waals surface area contributed by atoms with Gasteiger partial charge >= 0.3 is 11.9 Å². The number of aryl methyl sites for hydroxylation is 1. The van der Waals surface area contributed by atoms with Crippen LogP contribution in [0.15, 0.2) is 35.9 Å². The summed E-state index contributed by atoms with van der Waals surface area (Å²) in [7, 11) is 0. The highest BCUT2D eigenvalue weighted by atomic mass is 16.6. The fourth-order valence-corrected chi connectivity index (χ4v) is 3.61. The number of esters is 2. The minimum absolute atomic E-state index is 0.149. The molecule has 2 fully saturated rings. The van der Waals surface area contributed by atoms with Gasteiger partial charge in [0.15, 0.2) is 5.60 Å². The van der Waals surface area contributed by atoms with Gasteiger partial charge in [0.25, 0.3) is 0 Å². The molecule has 1 saturated carbocycles. The van der Waals surface area contributed by atoms with Gasteiger partial charge in [0.05, 0.1) is 12.2 Å². The van der Waals surface area contributed by atoms with E-state index in [9.17, 15) is 14.7 Å². The second kappa shape index (κ2) is 8.04. The van der Waals surface area contributed by atoms with Crippen molar-refractivity contribution < 1.29 is 24.2 Å². The Morgan fingerprint density at radius 2 is 1.96 bits per heavy atom. The van der Waals surface area contributed by atoms with Gasteiger partial charge in [-0.15, -0.1) is 0 Å². The highest BCUT2D eigenvalue weighted by Crippen LogP contribution is 2.34. The van der Waals surface area contributed by atoms with Crippen molar-refractivity contribution in [1.29, 1.82) is 0 Å². The molecule has 0 spiro atoms. The summed E-state index contributed by atoms with van der Waals surface area (Å²) in [6.07, 6.45) is 8.07. The Hall–Kier alpha value is -2.14. The Kier molecular flexibility index (Phi) is 5.77. The standard InChI is InChI=1S/C21H26O5/c1-15-7-9-17(10-8-15)19(23)25-14-21(13-22)12-18(20(24)26-21)11-16-5-3-2-4-6-16/h7-11,16,22H,2-6,12-14H2,1H3/b18-11-. The molecule has 0 amide bonds. The number of hydrogen-bond donors (Lipinski definition) is 1. The van der Waals surface area contributed by atoms with Crippen molar-refractivity contribution in [1.82, 2.24) is 0 Å². The molecule has 1 unspecified atom stereocenters. The number of benzene rings is 1. The molecule has 5 nitrogen and oxygen atoms in total. The lowest BCUT2D eigenvalue weighted by molar-refractivity contribution is -0.154. The quantitative estimate of drug-likeness (QED) is 0.646. The number of carbonyl (C=O) groups excluding carboxylic acids is 2. The zero-order valence-corrected chi connectivity index (χ0v) is 15.2. The third kappa shape index (κ3) is 4.33. The van der Waals surface area contributed by atoms with Gasteiger partial charge in [-0.25, -0.2) is 9.59 Å². The molecule has 26 heavy (non-hydrogen) atoms. The van der Waals surface area contributed by atoms with Crippen molar-refractivity contribution >= 4 is 11.9 Å². The maximum Gasteiger partial charge on any atom is 0.338 e. The van der Waals surface area contributed by atoms with Crippen molar-refractivity contribution in [3.63, 3.8) is 0 Å². The van der Waals surface area contributed by atoms with E-state index in [1.165, 1.54) is 19.3 Å². The van der Waals surface area contributed by atoms with Crippen molar-refractivity contribution in [2.75, 3.05) is 13.2 Å². The molecule has 3 rings (SSSR count). The van der Waals surface area contributed by atoms with Gasteiger partial charge in [-0.3, -0.25) is 0 Å². The van der Waals surface area contributed by atoms with Gasteiger partial charge in [-0.05, 0) is 37.8 Å². The number of aliphatic hydroxyl groups is 1. The van der Waals surface area contributed by atoms with E-state index >= 15 is 0 Å². The molecule has 140 valence electrons. The summed E-state index contributed by atoms with van der Waals surface area (Å²) in [4.78, 5) is 24.4. The van der Waals surface area contributed by atoms with Crippen LogP contribution in [0.5, 0.6) is 0 Å². The van der Waals surface area contributed by atoms with Gasteiger partial charge in [-0.2, -0.15) is 0 Å². The van der Waals surface area contributed by atoms with E-state index in [0.29, 0.717) is 17.1 Å². The normalized spacial score (nSPS) is 25.3. The number of cyclic esters (lactones) is 1. The van der Waals surface area contributed by atoms with Gasteiger partial charge in [0, 0.05) is 12.0 Å². The van der Waals surface area contributed by atoms with Crippen LogP contribution in [-0.2, 0) is 14.3 Å². The first-order valence-electron chi connectivity index (χ1n) is 9.30. The van der Waals surface area contributed by atoms with E-state index in [1.54, 1.807) is 12.1 Å². The summed E-state index contributed by atoms with van der Waals surface area (Å²) in [6, 6.07) is 7.05. The van der Waals surface area contributed by atoms with Crippen molar-refractivity contribution in [3.05, 3.63) is 47.0 Å². The lowest BCUT2D eigenvalue weighted by Gasteiger charge is -2.24. The third-order valence-electron chi connectivity index (χ3n) is 5.21. The maximum atomic E-state index is 12.2. The second-order valence-corrected chi connectivity index (χ2v) is 7.44. The average molecular weight is 358 g/mol. The number of carbonyl (C=O) groups is 2. The van der Waals surface area contributed by atoms with Crippen LogP contribution >= 0.6 is 0 Å². The Morgan fingerprint density at radius 1 is 1.27 bits per heavy atom. The summed E-state index contributed by atoms with van der Waals surface area (Å²) in [5.74, 6) is -0.495. The van der Waals surface area contributed by atoms with Crippen LogP contribution in [0.4, 0.5) is 0 Å². The molecule has 1 aromatic rings. The molecule has 1 aliphatic carbocycles. The summed E-state index contributed by atoms with van der Waals surface area (Å²) < 4.78 is 10.8. The molecule has 1 saturated heterocycles. The zero-order chi connectivity index (χ0) is 18.6. The number of rotatable bonds is 5. The predicted octanol–water partition coefficient (Wildman–Crippen LogP) is 3.34. The van der Waals surface area contributed by atoms with Crippen LogP contribution < -0.4 is 0 Å². The molecular weight excluding hydrogens is 332 g/mol. The first kappa shape index (κ1) is 18.6. The average Bonchev–Trinajstić information content (AvgIpc) is 2.97. The molecule has 1 N–H and O–H groups in total. The Bertz CT molecular complexity index is 685. The van der Waals surface area contributed by atoms with Gasteiger partial charge in [-0.1, -0.05) is 43.0 Å². The summed E-state index contributed by atoms with van der Waals surface area (Å²) in [5.41, 5.74) is 0.914. The van der Waals surface area contributed by atoms with Crippen molar-refractivity contribution in [3.8, 4) is 0 Å². The summed E-state index contributed by atoms with van der Waals surface area (Å²) in [5, 5.41) is 9.78. The van der Waals surface area contributed by atoms with E-state index in [4.69, 9.17) is 9.47 Å². The highest BCUT2D eigenvalue weighted by molar-refractivity contribution is 5.92. The van der Waals surface area contributed by atoms with Crippen LogP contribution in [0.3, 0.4) is 0 Å². The molecule has 1 aromatic carbocycles. The number of ether oxygens (including phenoxy) is 2. The Morgan fingerprint density at radius 3 is 2.62 bits per heavy atom. The zero-order valence-electron chi connectivity index (χ0n) is 15.2. The lowest BCUT2D eigenvalue weighted by atomic mass is 9.86. The van der Waals surface area contributed by atoms with E-state index in [1.807, 2.05) is 25.1 Å². The monoisotopic (exact) mass is 358 g/mol. The molecule has 1 atom stereocenters. The van der Waals surface area contributed by atoms with Gasteiger partial charge in [0.2, 0.25) is 0 Å². The predicted molar refractivity (Wildman–Crippen MR) is 96.6 cm³/mol. The van der Waals surface area contributed by atoms with E-state index < -0.39 is 17.5 Å². The molecule has 2 aliphatic rings. The lowest BCUT2D eigenvalue weighted by Crippen LogP contribution is -2.39. The van der Waals surface area contributed by atoms with E-state index in [0.717, 1.165) is 18.4 Å². The fraction of sp³-hybridized carbons (Fsp3) is 0.524.